The molecule has 0 N–H and O–H groups in total. The van der Waals surface area contributed by atoms with Crippen LogP contribution < -0.4 is 4.74 Å². The van der Waals surface area contributed by atoms with Crippen molar-refractivity contribution in [1.82, 2.24) is 0 Å². The van der Waals surface area contributed by atoms with Crippen LogP contribution in [0.2, 0.25) is 5.02 Å². The van der Waals surface area contributed by atoms with Crippen LogP contribution in [0.3, 0.4) is 0 Å². The van der Waals surface area contributed by atoms with Crippen molar-refractivity contribution in [2.24, 2.45) is 0 Å². The molecule has 2 aromatic rings. The van der Waals surface area contributed by atoms with Gasteiger partial charge in [0.25, 0.3) is 0 Å². The number of benzene rings is 2. The van der Waals surface area contributed by atoms with E-state index in [1.807, 2.05) is 0 Å². The molecule has 5 heteroatoms. The minimum absolute atomic E-state index is 0.419. The average Bonchev–Trinajstić information content (AvgIpc) is 2.51. The number of halogens is 1. The SMILES string of the molecule is COC(=O)C(C=O)c1ccccc1Oc1ccc(Cl)cc1. The molecule has 0 aliphatic heterocycles. The van der Waals surface area contributed by atoms with E-state index in [0.717, 1.165) is 0 Å². The van der Waals surface area contributed by atoms with Gasteiger partial charge in [0, 0.05) is 10.6 Å². The molecule has 2 aromatic carbocycles. The molecule has 0 amide bonds. The second-order valence-electron chi connectivity index (χ2n) is 4.23. The van der Waals surface area contributed by atoms with Gasteiger partial charge in [-0.05, 0) is 30.3 Å². The maximum atomic E-state index is 11.7. The smallest absolute Gasteiger partial charge is 0.320 e. The lowest BCUT2D eigenvalue weighted by Gasteiger charge is -2.14. The van der Waals surface area contributed by atoms with E-state index in [-0.39, 0.29) is 0 Å². The number of esters is 1. The fraction of sp³-hybridized carbons (Fsp3) is 0.125. The highest BCUT2D eigenvalue weighted by Crippen LogP contribution is 2.31. The van der Waals surface area contributed by atoms with Crippen LogP contribution in [0.25, 0.3) is 0 Å². The number of para-hydroxylation sites is 1. The number of methoxy groups -OCH3 is 1. The summed E-state index contributed by atoms with van der Waals surface area (Å²) in [6, 6.07) is 13.6. The Morgan fingerprint density at radius 1 is 1.14 bits per heavy atom. The Hall–Kier alpha value is -2.33. The fourth-order valence-corrected chi connectivity index (χ4v) is 1.97. The minimum atomic E-state index is -1.02. The van der Waals surface area contributed by atoms with Crippen LogP contribution in [0.1, 0.15) is 11.5 Å². The van der Waals surface area contributed by atoms with Gasteiger partial charge < -0.3 is 14.3 Å². The summed E-state index contributed by atoms with van der Waals surface area (Å²) in [5.41, 5.74) is 0.453. The topological polar surface area (TPSA) is 52.6 Å². The van der Waals surface area contributed by atoms with Crippen molar-refractivity contribution >= 4 is 23.9 Å². The largest absolute Gasteiger partial charge is 0.468 e. The van der Waals surface area contributed by atoms with Crippen molar-refractivity contribution in [3.05, 3.63) is 59.1 Å². The summed E-state index contributed by atoms with van der Waals surface area (Å²) in [6.45, 7) is 0. The number of carbonyl (C=O) groups is 2. The van der Waals surface area contributed by atoms with E-state index in [0.29, 0.717) is 28.4 Å². The summed E-state index contributed by atoms with van der Waals surface area (Å²) in [6.07, 6.45) is 0.538. The molecule has 4 nitrogen and oxygen atoms in total. The normalized spacial score (nSPS) is 11.5. The molecule has 0 radical (unpaired) electrons. The lowest BCUT2D eigenvalue weighted by Crippen LogP contribution is -2.16. The number of rotatable bonds is 5. The molecule has 0 saturated carbocycles. The van der Waals surface area contributed by atoms with E-state index in [2.05, 4.69) is 4.74 Å². The Morgan fingerprint density at radius 2 is 1.81 bits per heavy atom. The third-order valence-electron chi connectivity index (χ3n) is 2.89. The maximum absolute atomic E-state index is 11.7. The van der Waals surface area contributed by atoms with Crippen molar-refractivity contribution in [1.29, 1.82) is 0 Å². The van der Waals surface area contributed by atoms with Gasteiger partial charge in [0.1, 0.15) is 23.7 Å². The number of hydrogen-bond acceptors (Lipinski definition) is 4. The summed E-state index contributed by atoms with van der Waals surface area (Å²) in [5, 5.41) is 0.593. The van der Waals surface area contributed by atoms with Crippen LogP contribution in [0.4, 0.5) is 0 Å². The second-order valence-corrected chi connectivity index (χ2v) is 4.67. The number of aldehydes is 1. The molecule has 2 rings (SSSR count). The standard InChI is InChI=1S/C16H13ClO4/c1-20-16(19)14(10-18)13-4-2-3-5-15(13)21-12-8-6-11(17)7-9-12/h2-10,14H,1H3. The zero-order chi connectivity index (χ0) is 15.2. The van der Waals surface area contributed by atoms with Gasteiger partial charge in [0.15, 0.2) is 0 Å². The third-order valence-corrected chi connectivity index (χ3v) is 3.14. The summed E-state index contributed by atoms with van der Waals surface area (Å²) in [5.74, 6) is -0.667. The number of ether oxygens (including phenoxy) is 2. The molecule has 0 aliphatic rings. The quantitative estimate of drug-likeness (QED) is 0.481. The van der Waals surface area contributed by atoms with Gasteiger partial charge >= 0.3 is 5.97 Å². The Bertz CT molecular complexity index is 637. The van der Waals surface area contributed by atoms with Gasteiger partial charge in [-0.1, -0.05) is 29.8 Å². The van der Waals surface area contributed by atoms with Crippen LogP contribution in [0, 0.1) is 0 Å². The van der Waals surface area contributed by atoms with Crippen LogP contribution in [0.5, 0.6) is 11.5 Å². The molecule has 0 saturated heterocycles. The molecule has 21 heavy (non-hydrogen) atoms. The first-order valence-electron chi connectivity index (χ1n) is 6.21. The summed E-state index contributed by atoms with van der Waals surface area (Å²) in [4.78, 5) is 22.8. The Kier molecular flexibility index (Phi) is 4.95. The molecular weight excluding hydrogens is 292 g/mol. The fourth-order valence-electron chi connectivity index (χ4n) is 1.84. The first-order chi connectivity index (χ1) is 10.2. The van der Waals surface area contributed by atoms with E-state index in [4.69, 9.17) is 16.3 Å². The molecule has 1 atom stereocenters. The van der Waals surface area contributed by atoms with Gasteiger partial charge in [-0.3, -0.25) is 4.79 Å². The van der Waals surface area contributed by atoms with E-state index >= 15 is 0 Å². The van der Waals surface area contributed by atoms with E-state index in [1.54, 1.807) is 48.5 Å². The van der Waals surface area contributed by atoms with Crippen LogP contribution >= 0.6 is 11.6 Å². The summed E-state index contributed by atoms with van der Waals surface area (Å²) >= 11 is 5.82. The van der Waals surface area contributed by atoms with Crippen molar-refractivity contribution < 1.29 is 19.1 Å². The zero-order valence-corrected chi connectivity index (χ0v) is 12.0. The Labute approximate surface area is 127 Å². The van der Waals surface area contributed by atoms with Gasteiger partial charge in [-0.2, -0.15) is 0 Å². The lowest BCUT2D eigenvalue weighted by atomic mass is 10.00. The van der Waals surface area contributed by atoms with E-state index in [9.17, 15) is 9.59 Å². The van der Waals surface area contributed by atoms with Crippen LogP contribution in [-0.2, 0) is 14.3 Å². The third kappa shape index (κ3) is 3.61. The van der Waals surface area contributed by atoms with Crippen molar-refractivity contribution in [2.45, 2.75) is 5.92 Å². The summed E-state index contributed by atoms with van der Waals surface area (Å²) < 4.78 is 10.4. The highest BCUT2D eigenvalue weighted by Gasteiger charge is 2.24. The molecule has 0 aliphatic carbocycles. The molecule has 0 bridgehead atoms. The predicted molar refractivity (Wildman–Crippen MR) is 78.8 cm³/mol. The predicted octanol–water partition coefficient (Wildman–Crippen LogP) is 3.59. The van der Waals surface area contributed by atoms with E-state index < -0.39 is 11.9 Å². The van der Waals surface area contributed by atoms with Crippen molar-refractivity contribution in [3.63, 3.8) is 0 Å². The van der Waals surface area contributed by atoms with E-state index in [1.165, 1.54) is 7.11 Å². The summed E-state index contributed by atoms with van der Waals surface area (Å²) in [7, 11) is 1.24. The molecule has 0 heterocycles. The molecule has 1 unspecified atom stereocenters. The minimum Gasteiger partial charge on any atom is -0.468 e. The van der Waals surface area contributed by atoms with Gasteiger partial charge in [-0.25, -0.2) is 0 Å². The van der Waals surface area contributed by atoms with Gasteiger partial charge in [-0.15, -0.1) is 0 Å². The highest BCUT2D eigenvalue weighted by atomic mass is 35.5. The monoisotopic (exact) mass is 304 g/mol. The van der Waals surface area contributed by atoms with Crippen LogP contribution in [-0.4, -0.2) is 19.4 Å². The van der Waals surface area contributed by atoms with Gasteiger partial charge in [0.05, 0.1) is 7.11 Å². The van der Waals surface area contributed by atoms with Gasteiger partial charge in [0.2, 0.25) is 0 Å². The number of carbonyl (C=O) groups excluding carboxylic acids is 2. The second kappa shape index (κ2) is 6.90. The Morgan fingerprint density at radius 3 is 2.43 bits per heavy atom. The molecule has 0 fully saturated rings. The zero-order valence-electron chi connectivity index (χ0n) is 11.3. The number of hydrogen-bond donors (Lipinski definition) is 0. The van der Waals surface area contributed by atoms with Crippen molar-refractivity contribution in [2.75, 3.05) is 7.11 Å². The highest BCUT2D eigenvalue weighted by molar-refractivity contribution is 6.30. The first-order valence-corrected chi connectivity index (χ1v) is 6.59. The molecular formula is C16H13ClO4. The van der Waals surface area contributed by atoms with Crippen molar-refractivity contribution in [3.8, 4) is 11.5 Å². The molecule has 0 spiro atoms. The lowest BCUT2D eigenvalue weighted by molar-refractivity contribution is -0.143. The Balaban J connectivity index is 2.34. The maximum Gasteiger partial charge on any atom is 0.320 e. The van der Waals surface area contributed by atoms with Crippen LogP contribution in [0.15, 0.2) is 48.5 Å². The molecule has 108 valence electrons. The molecule has 0 aromatic heterocycles. The first kappa shape index (κ1) is 15.1. The average molecular weight is 305 g/mol.